The predicted octanol–water partition coefficient (Wildman–Crippen LogP) is 4.00. The van der Waals surface area contributed by atoms with Crippen LogP contribution in [0.5, 0.6) is 5.75 Å². The molecular formula is C16H18N3O7Se+. The Kier molecular flexibility index (Phi) is 6.09. The van der Waals surface area contributed by atoms with E-state index in [4.69, 9.17) is 3.92 Å². The second kappa shape index (κ2) is 8.11. The van der Waals surface area contributed by atoms with Crippen LogP contribution in [0.3, 0.4) is 0 Å². The van der Waals surface area contributed by atoms with E-state index >= 15 is 0 Å². The third-order valence-electron chi connectivity index (χ3n) is 3.65. The number of aromatic hydroxyl groups is 1. The summed E-state index contributed by atoms with van der Waals surface area (Å²) < 4.78 is 5.46. The summed E-state index contributed by atoms with van der Waals surface area (Å²) in [7, 11) is 0. The topological polar surface area (TPSA) is 136 Å². The van der Waals surface area contributed by atoms with Crippen molar-refractivity contribution in [1.29, 1.82) is 0 Å². The average Bonchev–Trinajstić information content (AvgIpc) is 2.60. The quantitative estimate of drug-likeness (QED) is 0.370. The Morgan fingerprint density at radius 3 is 2.00 bits per heavy atom. The summed E-state index contributed by atoms with van der Waals surface area (Å²) in [6.07, 6.45) is 0.692. The number of phenolic OH excluding ortho intramolecular Hbond substituents is 1. The van der Waals surface area contributed by atoms with Gasteiger partial charge in [-0.15, -0.1) is 0 Å². The van der Waals surface area contributed by atoms with Crippen LogP contribution in [0, 0.1) is 25.1 Å². The summed E-state index contributed by atoms with van der Waals surface area (Å²) in [6, 6.07) is 11.1. The molecule has 27 heavy (non-hydrogen) atoms. The summed E-state index contributed by atoms with van der Waals surface area (Å²) in [5, 5.41) is 32.2. The zero-order chi connectivity index (χ0) is 20.2. The van der Waals surface area contributed by atoms with Gasteiger partial charge in [-0.1, -0.05) is 0 Å². The van der Waals surface area contributed by atoms with Crippen LogP contribution in [0.4, 0.5) is 17.1 Å². The van der Waals surface area contributed by atoms with Crippen LogP contribution < -0.4 is 0 Å². The van der Waals surface area contributed by atoms with Crippen LogP contribution in [0.2, 0.25) is 17.0 Å². The van der Waals surface area contributed by atoms with Gasteiger partial charge in [-0.05, 0) is 0 Å². The van der Waals surface area contributed by atoms with Gasteiger partial charge in [0.05, 0.1) is 0 Å². The molecule has 0 heterocycles. The molecule has 1 N–H and O–H groups in total. The molecule has 0 bridgehead atoms. The van der Waals surface area contributed by atoms with E-state index < -0.39 is 45.8 Å². The van der Waals surface area contributed by atoms with E-state index in [1.165, 1.54) is 0 Å². The van der Waals surface area contributed by atoms with E-state index in [1.54, 1.807) is 0 Å². The number of phenols is 1. The Morgan fingerprint density at radius 1 is 1.00 bits per heavy atom. The number of nitro groups is 2. The van der Waals surface area contributed by atoms with Crippen LogP contribution in [0.15, 0.2) is 42.5 Å². The second-order valence-corrected chi connectivity index (χ2v) is 13.3. The molecule has 0 aliphatic rings. The van der Waals surface area contributed by atoms with Crippen molar-refractivity contribution in [3.05, 3.63) is 73.2 Å². The molecule has 0 fully saturated rings. The van der Waals surface area contributed by atoms with Crippen molar-refractivity contribution < 1.29 is 23.8 Å². The normalized spacial score (nSPS) is 11.6. The molecule has 2 aromatic carbocycles. The maximum atomic E-state index is 12.3. The average molecular weight is 443 g/mol. The molecule has 0 amide bonds. The number of hydrogen-bond acceptors (Lipinski definition) is 7. The Morgan fingerprint density at radius 2 is 1.52 bits per heavy atom. The van der Waals surface area contributed by atoms with Gasteiger partial charge >= 0.3 is 156 Å². The van der Waals surface area contributed by atoms with E-state index in [9.17, 15) is 30.2 Å². The fourth-order valence-electron chi connectivity index (χ4n) is 2.25. The first-order valence-corrected chi connectivity index (χ1v) is 13.0. The van der Waals surface area contributed by atoms with Gasteiger partial charge in [-0.25, -0.2) is 0 Å². The van der Waals surface area contributed by atoms with E-state index in [2.05, 4.69) is 0 Å². The van der Waals surface area contributed by atoms with Gasteiger partial charge in [-0.2, -0.15) is 0 Å². The molecule has 0 unspecified atom stereocenters. The predicted molar refractivity (Wildman–Crippen MR) is 98.2 cm³/mol. The molecule has 0 radical (unpaired) electrons. The molecular weight excluding hydrogens is 425 g/mol. The number of benzene rings is 2. The summed E-state index contributed by atoms with van der Waals surface area (Å²) in [4.78, 5) is 32.4. The van der Waals surface area contributed by atoms with Crippen molar-refractivity contribution >= 4 is 30.2 Å². The van der Waals surface area contributed by atoms with Crippen molar-refractivity contribution in [1.82, 2.24) is 0 Å². The molecule has 10 nitrogen and oxygen atoms in total. The molecule has 0 aliphatic carbocycles. The van der Waals surface area contributed by atoms with Gasteiger partial charge in [-0.3, -0.25) is 0 Å². The van der Waals surface area contributed by atoms with Gasteiger partial charge in [0.2, 0.25) is 0 Å². The molecule has 0 saturated heterocycles. The Balaban J connectivity index is 2.21. The Labute approximate surface area is 156 Å². The van der Waals surface area contributed by atoms with Gasteiger partial charge in [0, 0.05) is 0 Å². The van der Waals surface area contributed by atoms with Gasteiger partial charge in [0.1, 0.15) is 0 Å². The molecule has 0 atom stereocenters. The number of hydrogen-bond donors (Lipinski definition) is 1. The first-order chi connectivity index (χ1) is 12.6. The summed E-state index contributed by atoms with van der Waals surface area (Å²) in [5.74, 6) is 2.52. The molecule has 0 spiro atoms. The first kappa shape index (κ1) is 20.3. The molecule has 0 aromatic heterocycles. The third-order valence-corrected chi connectivity index (χ3v) is 7.28. The van der Waals surface area contributed by atoms with Crippen LogP contribution >= 0.6 is 0 Å². The van der Waals surface area contributed by atoms with Crippen molar-refractivity contribution in [2.45, 2.75) is 23.4 Å². The number of nitro benzene ring substituents is 2. The Bertz CT molecular complexity index is 852. The van der Waals surface area contributed by atoms with Crippen molar-refractivity contribution in [3.8, 4) is 5.75 Å². The minimum atomic E-state index is -2.72. The van der Waals surface area contributed by atoms with Crippen LogP contribution in [-0.2, 0) is 10.3 Å². The van der Waals surface area contributed by atoms with Crippen molar-refractivity contribution in [2.24, 2.45) is 0 Å². The van der Waals surface area contributed by atoms with Crippen molar-refractivity contribution in [3.63, 3.8) is 0 Å². The van der Waals surface area contributed by atoms with Crippen LogP contribution in [-0.4, -0.2) is 33.1 Å². The zero-order valence-corrected chi connectivity index (χ0v) is 16.3. The minimum absolute atomic E-state index is 0.0600. The number of aryl methyl sites for hydroxylation is 1. The van der Waals surface area contributed by atoms with E-state index in [0.717, 1.165) is 17.7 Å². The maximum absolute atomic E-state index is 12.3. The molecule has 11 heteroatoms. The molecule has 2 rings (SSSR count). The molecule has 0 aliphatic heterocycles. The molecule has 2 aromatic rings. The van der Waals surface area contributed by atoms with Gasteiger partial charge in [0.25, 0.3) is 0 Å². The number of nitrogens with zero attached hydrogens (tertiary/aromatic N) is 3. The standard InChI is InChI=1S/C16H17N3O7Se/c1-27(2,9-8-12-6-4-3-5-7-12)26-19(25)13-10-14(17(21)22)16(20)15(11-13)18(23)24/h3-7,10-11H,8-9H2,1-2H3/p+1. The third kappa shape index (κ3) is 5.22. The number of rotatable bonds is 8. The molecule has 144 valence electrons. The fourth-order valence-corrected chi connectivity index (χ4v) is 4.88. The van der Waals surface area contributed by atoms with Gasteiger partial charge < -0.3 is 0 Å². The second-order valence-electron chi connectivity index (χ2n) is 6.05. The Hall–Kier alpha value is -3.04. The fraction of sp³-hybridized carbons (Fsp3) is 0.250. The van der Waals surface area contributed by atoms with Crippen LogP contribution in [0.25, 0.3) is 0 Å². The summed E-state index contributed by atoms with van der Waals surface area (Å²) >= 11 is -2.72. The van der Waals surface area contributed by atoms with E-state index in [1.807, 2.05) is 42.0 Å². The zero-order valence-electron chi connectivity index (χ0n) is 14.6. The van der Waals surface area contributed by atoms with E-state index in [0.29, 0.717) is 11.7 Å². The van der Waals surface area contributed by atoms with Crippen LogP contribution in [0.1, 0.15) is 5.56 Å². The monoisotopic (exact) mass is 444 g/mol. The first-order valence-electron chi connectivity index (χ1n) is 7.68. The summed E-state index contributed by atoms with van der Waals surface area (Å²) in [5.41, 5.74) is -1.21. The van der Waals surface area contributed by atoms with Gasteiger partial charge in [0.15, 0.2) is 0 Å². The van der Waals surface area contributed by atoms with E-state index in [-0.39, 0.29) is 4.92 Å². The SMILES string of the molecule is C[Se](C)(CCc1ccccc1)O[N+](=O)c1cc([N+](=O)[O-])c(O)c([N+](=O)[O-])c1. The summed E-state index contributed by atoms with van der Waals surface area (Å²) in [6.45, 7) is 0. The molecule has 0 saturated carbocycles. The van der Waals surface area contributed by atoms with Crippen molar-refractivity contribution in [2.75, 3.05) is 0 Å².